The first-order valence-electron chi connectivity index (χ1n) is 12.8. The molecule has 0 amide bonds. The number of hydrogen-bond donors (Lipinski definition) is 1. The Morgan fingerprint density at radius 3 is 2.73 bits per heavy atom. The van der Waals surface area contributed by atoms with E-state index in [9.17, 15) is 14.3 Å². The average molecular weight is 502 g/mol. The molecule has 0 saturated heterocycles. The van der Waals surface area contributed by atoms with Crippen molar-refractivity contribution >= 4 is 23.7 Å². The van der Waals surface area contributed by atoms with Gasteiger partial charge in [-0.1, -0.05) is 55.4 Å². The highest BCUT2D eigenvalue weighted by atomic mass is 19.1. The van der Waals surface area contributed by atoms with Crippen molar-refractivity contribution < 1.29 is 23.6 Å². The van der Waals surface area contributed by atoms with Crippen LogP contribution in [-0.4, -0.2) is 23.3 Å². The summed E-state index contributed by atoms with van der Waals surface area (Å²) in [4.78, 5) is 11.4. The maximum absolute atomic E-state index is 15.0. The van der Waals surface area contributed by atoms with E-state index in [1.807, 2.05) is 30.4 Å². The van der Waals surface area contributed by atoms with E-state index in [4.69, 9.17) is 9.26 Å². The normalized spacial score (nSPS) is 17.7. The van der Waals surface area contributed by atoms with Crippen LogP contribution in [-0.2, 0) is 4.79 Å². The third-order valence-corrected chi connectivity index (χ3v) is 7.61. The van der Waals surface area contributed by atoms with E-state index in [-0.39, 0.29) is 23.6 Å². The standard InChI is InChI=1S/C31H32FNO4/c1-31(2)15-5-8-25(31)29-27(37-33-30(29)24-17-22(36-3)12-13-26(24)32)14-9-19-6-4-7-21(16-19)23(18-28(34)35)20-10-11-20/h4,6-9,12-14,16-17,20,23H,5,10-11,15,18H2,1-3H3,(H,34,35)/b14-9+/t23-/m0/s1. The fourth-order valence-electron chi connectivity index (χ4n) is 5.41. The molecule has 1 fully saturated rings. The van der Waals surface area contributed by atoms with Crippen LogP contribution in [0.15, 0.2) is 53.1 Å². The van der Waals surface area contributed by atoms with Crippen molar-refractivity contribution in [1.29, 1.82) is 0 Å². The summed E-state index contributed by atoms with van der Waals surface area (Å²) in [5.41, 5.74) is 4.57. The number of methoxy groups -OCH3 is 1. The highest BCUT2D eigenvalue weighted by Crippen LogP contribution is 2.49. The molecule has 3 aromatic rings. The zero-order valence-electron chi connectivity index (χ0n) is 21.5. The van der Waals surface area contributed by atoms with Crippen LogP contribution in [0.25, 0.3) is 29.0 Å². The molecule has 1 saturated carbocycles. The fraction of sp³-hybridized carbons (Fsp3) is 0.355. The van der Waals surface area contributed by atoms with Crippen molar-refractivity contribution in [3.8, 4) is 17.0 Å². The van der Waals surface area contributed by atoms with Gasteiger partial charge in [0.2, 0.25) is 0 Å². The second-order valence-electron chi connectivity index (χ2n) is 10.7. The molecule has 0 bridgehead atoms. The minimum atomic E-state index is -0.770. The first kappa shape index (κ1) is 25.0. The highest BCUT2D eigenvalue weighted by molar-refractivity contribution is 5.88. The van der Waals surface area contributed by atoms with Crippen molar-refractivity contribution in [2.45, 2.75) is 51.9 Å². The van der Waals surface area contributed by atoms with Crippen molar-refractivity contribution in [1.82, 2.24) is 5.16 Å². The Labute approximate surface area is 216 Å². The number of aromatic nitrogens is 1. The van der Waals surface area contributed by atoms with E-state index in [1.54, 1.807) is 19.2 Å². The van der Waals surface area contributed by atoms with Gasteiger partial charge in [0.15, 0.2) is 5.76 Å². The predicted molar refractivity (Wildman–Crippen MR) is 143 cm³/mol. The first-order chi connectivity index (χ1) is 17.8. The molecule has 37 heavy (non-hydrogen) atoms. The molecule has 1 heterocycles. The van der Waals surface area contributed by atoms with Crippen molar-refractivity contribution in [3.05, 3.63) is 76.8 Å². The largest absolute Gasteiger partial charge is 0.497 e. The summed E-state index contributed by atoms with van der Waals surface area (Å²) in [5.74, 6) is 0.416. The highest BCUT2D eigenvalue weighted by Gasteiger charge is 2.35. The van der Waals surface area contributed by atoms with Crippen LogP contribution in [0.2, 0.25) is 0 Å². The van der Waals surface area contributed by atoms with Crippen LogP contribution in [0.1, 0.15) is 74.3 Å². The molecule has 0 spiro atoms. The van der Waals surface area contributed by atoms with Gasteiger partial charge in [-0.3, -0.25) is 4.79 Å². The number of halogens is 1. The minimum absolute atomic E-state index is 0.0266. The Morgan fingerprint density at radius 1 is 1.24 bits per heavy atom. The lowest BCUT2D eigenvalue weighted by molar-refractivity contribution is -0.137. The van der Waals surface area contributed by atoms with E-state index in [0.717, 1.165) is 47.9 Å². The van der Waals surface area contributed by atoms with Crippen LogP contribution in [0.3, 0.4) is 0 Å². The van der Waals surface area contributed by atoms with Gasteiger partial charge in [0.1, 0.15) is 17.3 Å². The Balaban J connectivity index is 1.54. The number of allylic oxidation sites excluding steroid dienone is 2. The Morgan fingerprint density at radius 2 is 2.05 bits per heavy atom. The van der Waals surface area contributed by atoms with E-state index >= 15 is 0 Å². The van der Waals surface area contributed by atoms with Crippen LogP contribution in [0, 0.1) is 17.2 Å². The lowest BCUT2D eigenvalue weighted by Crippen LogP contribution is -2.10. The number of aliphatic carboxylic acids is 1. The number of carboxylic acids is 1. The lowest BCUT2D eigenvalue weighted by atomic mass is 9.80. The second-order valence-corrected chi connectivity index (χ2v) is 10.7. The summed E-state index contributed by atoms with van der Waals surface area (Å²) in [6.45, 7) is 4.37. The lowest BCUT2D eigenvalue weighted by Gasteiger charge is -2.22. The number of benzene rings is 2. The van der Waals surface area contributed by atoms with Gasteiger partial charge >= 0.3 is 5.97 Å². The van der Waals surface area contributed by atoms with E-state index in [2.05, 4.69) is 31.1 Å². The predicted octanol–water partition coefficient (Wildman–Crippen LogP) is 7.83. The topological polar surface area (TPSA) is 72.6 Å². The van der Waals surface area contributed by atoms with Gasteiger partial charge in [-0.15, -0.1) is 0 Å². The number of ether oxygens (including phenoxy) is 1. The number of carbonyl (C=O) groups is 1. The molecule has 2 aromatic carbocycles. The van der Waals surface area contributed by atoms with Crippen LogP contribution >= 0.6 is 0 Å². The summed E-state index contributed by atoms with van der Waals surface area (Å²) in [6, 6.07) is 12.6. The summed E-state index contributed by atoms with van der Waals surface area (Å²) in [6.07, 6.45) is 10.2. The number of hydrogen-bond acceptors (Lipinski definition) is 4. The number of carboxylic acid groups (broad SMARTS) is 1. The van der Waals surface area contributed by atoms with Gasteiger partial charge in [-0.25, -0.2) is 4.39 Å². The monoisotopic (exact) mass is 501 g/mol. The molecule has 0 radical (unpaired) electrons. The van der Waals surface area contributed by atoms with Crippen molar-refractivity contribution in [2.24, 2.45) is 11.3 Å². The summed E-state index contributed by atoms with van der Waals surface area (Å²) in [5, 5.41) is 13.7. The molecule has 1 aromatic heterocycles. The van der Waals surface area contributed by atoms with Crippen LogP contribution in [0.5, 0.6) is 5.75 Å². The third-order valence-electron chi connectivity index (χ3n) is 7.61. The number of nitrogens with zero attached hydrogens (tertiary/aromatic N) is 1. The molecule has 1 atom stereocenters. The molecule has 1 N–H and O–H groups in total. The summed E-state index contributed by atoms with van der Waals surface area (Å²) < 4.78 is 26.1. The smallest absolute Gasteiger partial charge is 0.303 e. The SMILES string of the molecule is COc1ccc(F)c(-c2noc(/C=C/c3cccc([C@@H](CC(=O)O)C4CC4)c3)c2C2=CCCC2(C)C)c1. The molecule has 2 aliphatic carbocycles. The van der Waals surface area contributed by atoms with E-state index < -0.39 is 5.97 Å². The maximum Gasteiger partial charge on any atom is 0.303 e. The molecule has 6 heteroatoms. The van der Waals surface area contributed by atoms with Gasteiger partial charge < -0.3 is 14.4 Å². The second kappa shape index (κ2) is 10.0. The third kappa shape index (κ3) is 5.24. The molecular formula is C31H32FNO4. The van der Waals surface area contributed by atoms with E-state index in [0.29, 0.717) is 28.7 Å². The molecule has 5 nitrogen and oxygen atoms in total. The van der Waals surface area contributed by atoms with Gasteiger partial charge in [0.05, 0.1) is 19.1 Å². The summed E-state index contributed by atoms with van der Waals surface area (Å²) in [7, 11) is 1.55. The number of rotatable bonds is 9. The Kier molecular flexibility index (Phi) is 6.76. The first-order valence-corrected chi connectivity index (χ1v) is 12.8. The molecule has 0 aliphatic heterocycles. The molecule has 0 unspecified atom stereocenters. The van der Waals surface area contributed by atoms with Gasteiger partial charge in [-0.05, 0) is 83.9 Å². The van der Waals surface area contributed by atoms with Gasteiger partial charge in [-0.2, -0.15) is 0 Å². The zero-order valence-corrected chi connectivity index (χ0v) is 21.5. The molecule has 5 rings (SSSR count). The summed E-state index contributed by atoms with van der Waals surface area (Å²) >= 11 is 0. The zero-order chi connectivity index (χ0) is 26.2. The fourth-order valence-corrected chi connectivity index (χ4v) is 5.41. The average Bonchev–Trinajstić information content (AvgIpc) is 3.54. The van der Waals surface area contributed by atoms with E-state index in [1.165, 1.54) is 6.07 Å². The quantitative estimate of drug-likeness (QED) is 0.323. The van der Waals surface area contributed by atoms with Crippen molar-refractivity contribution in [2.75, 3.05) is 7.11 Å². The maximum atomic E-state index is 15.0. The van der Waals surface area contributed by atoms with Crippen LogP contribution < -0.4 is 4.74 Å². The van der Waals surface area contributed by atoms with Gasteiger partial charge in [0.25, 0.3) is 0 Å². The Hall–Kier alpha value is -3.67. The van der Waals surface area contributed by atoms with Gasteiger partial charge in [0, 0.05) is 5.56 Å². The molecule has 2 aliphatic rings. The van der Waals surface area contributed by atoms with Crippen LogP contribution in [0.4, 0.5) is 4.39 Å². The van der Waals surface area contributed by atoms with Crippen molar-refractivity contribution in [3.63, 3.8) is 0 Å². The molecular weight excluding hydrogens is 469 g/mol. The Bertz CT molecular complexity index is 1380. The minimum Gasteiger partial charge on any atom is -0.497 e. The molecule has 192 valence electrons.